The zero-order valence-corrected chi connectivity index (χ0v) is 26.1. The number of sulfonamides is 1. The molecule has 46 heavy (non-hydrogen) atoms. The Balaban J connectivity index is 0.00000480. The average molecular weight is 649 g/mol. The lowest BCUT2D eigenvalue weighted by Crippen LogP contribution is -2.35. The maximum Gasteiger partial charge on any atom is 0.341 e. The van der Waals surface area contributed by atoms with Crippen LogP contribution in [0.15, 0.2) is 83.8 Å². The number of benzene rings is 4. The number of aliphatic hydroxyl groups excluding tert-OH is 1. The van der Waals surface area contributed by atoms with Crippen LogP contribution >= 0.6 is 0 Å². The summed E-state index contributed by atoms with van der Waals surface area (Å²) in [6, 6.07) is 22.4. The Hall–Kier alpha value is -4.58. The van der Waals surface area contributed by atoms with Crippen LogP contribution in [0, 0.1) is 13.8 Å². The number of anilines is 1. The number of hydrogen-bond acceptors (Lipinski definition) is 8. The molecule has 0 radical (unpaired) electrons. The lowest BCUT2D eigenvalue weighted by Gasteiger charge is -2.24. The SMILES string of the molecule is C.Cc1cc(-c2cccc(OCC(=O)O)c2)cc(C)c1OCCN[C@@H](C)[C@H](O)c1ccc2cc1NS(=O)(=O)c1cccc(c1)CO2. The molecule has 4 bridgehead atoms. The van der Waals surface area contributed by atoms with Crippen molar-refractivity contribution in [1.82, 2.24) is 5.32 Å². The normalized spacial score (nSPS) is 14.4. The zero-order valence-electron chi connectivity index (χ0n) is 25.2. The van der Waals surface area contributed by atoms with Gasteiger partial charge in [-0.2, -0.15) is 0 Å². The van der Waals surface area contributed by atoms with E-state index >= 15 is 0 Å². The predicted octanol–water partition coefficient (Wildman–Crippen LogP) is 5.85. The number of aliphatic hydroxyl groups is 1. The molecular formula is C35H40N2O8S. The van der Waals surface area contributed by atoms with E-state index in [1.54, 1.807) is 48.5 Å². The largest absolute Gasteiger partial charge is 0.492 e. The summed E-state index contributed by atoms with van der Waals surface area (Å²) in [6.45, 7) is 6.31. The Kier molecular flexibility index (Phi) is 10.9. The zero-order chi connectivity index (χ0) is 32.1. The minimum atomic E-state index is -3.87. The highest BCUT2D eigenvalue weighted by atomic mass is 32.2. The first-order chi connectivity index (χ1) is 21.5. The van der Waals surface area contributed by atoms with Gasteiger partial charge in [0.1, 0.15) is 30.5 Å². The van der Waals surface area contributed by atoms with Gasteiger partial charge in [-0.15, -0.1) is 0 Å². The van der Waals surface area contributed by atoms with Crippen molar-refractivity contribution in [3.63, 3.8) is 0 Å². The monoisotopic (exact) mass is 648 g/mol. The third kappa shape index (κ3) is 8.16. The average Bonchev–Trinajstić information content (AvgIpc) is 3.01. The summed E-state index contributed by atoms with van der Waals surface area (Å²) < 4.78 is 46.1. The van der Waals surface area contributed by atoms with Crippen LogP contribution in [-0.2, 0) is 21.4 Å². The van der Waals surface area contributed by atoms with E-state index in [-0.39, 0.29) is 24.6 Å². The second-order valence-electron chi connectivity index (χ2n) is 11.0. The number of carboxylic acid groups (broad SMARTS) is 1. The van der Waals surface area contributed by atoms with Gasteiger partial charge in [0.05, 0.1) is 16.7 Å². The van der Waals surface area contributed by atoms with Crippen LogP contribution in [0.2, 0.25) is 0 Å². The van der Waals surface area contributed by atoms with Gasteiger partial charge >= 0.3 is 5.97 Å². The summed E-state index contributed by atoms with van der Waals surface area (Å²) >= 11 is 0. The van der Waals surface area contributed by atoms with Crippen molar-refractivity contribution in [3.05, 3.63) is 101 Å². The second-order valence-corrected chi connectivity index (χ2v) is 12.7. The molecule has 2 atom stereocenters. The minimum Gasteiger partial charge on any atom is -0.492 e. The molecular weight excluding hydrogens is 608 g/mol. The highest BCUT2D eigenvalue weighted by Gasteiger charge is 2.24. The molecule has 4 aromatic carbocycles. The first-order valence-corrected chi connectivity index (χ1v) is 16.0. The van der Waals surface area contributed by atoms with Gasteiger partial charge in [0, 0.05) is 24.2 Å². The second kappa shape index (κ2) is 14.7. The summed E-state index contributed by atoms with van der Waals surface area (Å²) in [5.41, 5.74) is 5.13. The molecule has 0 saturated heterocycles. The van der Waals surface area contributed by atoms with Crippen molar-refractivity contribution in [2.45, 2.75) is 51.8 Å². The Morgan fingerprint density at radius 3 is 2.46 bits per heavy atom. The fraction of sp³-hybridized carbons (Fsp3) is 0.286. The lowest BCUT2D eigenvalue weighted by molar-refractivity contribution is -0.139. The number of aliphatic carboxylic acids is 1. The van der Waals surface area contributed by atoms with E-state index in [1.807, 2.05) is 45.0 Å². The lowest BCUT2D eigenvalue weighted by atomic mass is 9.99. The molecule has 0 aromatic heterocycles. The van der Waals surface area contributed by atoms with E-state index in [0.29, 0.717) is 30.2 Å². The first kappa shape index (κ1) is 34.3. The van der Waals surface area contributed by atoms with E-state index in [4.69, 9.17) is 19.3 Å². The number of hydrogen-bond donors (Lipinski definition) is 4. The maximum atomic E-state index is 13.1. The van der Waals surface area contributed by atoms with E-state index in [2.05, 4.69) is 10.0 Å². The molecule has 10 nitrogen and oxygen atoms in total. The van der Waals surface area contributed by atoms with Gasteiger partial charge in [-0.25, -0.2) is 13.2 Å². The van der Waals surface area contributed by atoms with Gasteiger partial charge in [-0.3, -0.25) is 4.72 Å². The van der Waals surface area contributed by atoms with Gasteiger partial charge in [0.2, 0.25) is 0 Å². The first-order valence-electron chi connectivity index (χ1n) is 14.5. The number of fused-ring (bicyclic) bond motifs is 4. The molecule has 4 N–H and O–H groups in total. The number of nitrogens with one attached hydrogen (secondary N) is 2. The molecule has 1 heterocycles. The topological polar surface area (TPSA) is 143 Å². The minimum absolute atomic E-state index is 0. The van der Waals surface area contributed by atoms with Gasteiger partial charge in [-0.05, 0) is 91.1 Å². The molecule has 11 heteroatoms. The highest BCUT2D eigenvalue weighted by Crippen LogP contribution is 2.34. The fourth-order valence-electron chi connectivity index (χ4n) is 5.22. The third-order valence-electron chi connectivity index (χ3n) is 7.48. The Bertz CT molecular complexity index is 1790. The Labute approximate surface area is 270 Å². The van der Waals surface area contributed by atoms with Crippen LogP contribution in [0.5, 0.6) is 17.2 Å². The standard InChI is InChI=1S/C34H36N2O8S.CH4/c1-21-14-26(25-7-5-8-27(17-25)44-20-32(37)38)15-22(2)34(21)42-13-12-35-23(3)33(39)30-11-10-28-18-31(30)36-45(40,41)29-9-4-6-24(16-29)19-43-28;/h4-11,14-18,23,33,35-36,39H,12-13,19-20H2,1-3H3,(H,37,38);1H4/t23-,33-;/m0./s1. The maximum absolute atomic E-state index is 13.1. The van der Waals surface area contributed by atoms with Crippen LogP contribution in [0.3, 0.4) is 0 Å². The molecule has 0 aliphatic carbocycles. The van der Waals surface area contributed by atoms with E-state index < -0.39 is 34.7 Å². The van der Waals surface area contributed by atoms with Gasteiger partial charge in [0.15, 0.2) is 6.61 Å². The quantitative estimate of drug-likeness (QED) is 0.147. The molecule has 1 aliphatic heterocycles. The van der Waals surface area contributed by atoms with Crippen molar-refractivity contribution < 1.29 is 37.6 Å². The molecule has 5 rings (SSSR count). The number of carboxylic acids is 1. The van der Waals surface area contributed by atoms with Crippen molar-refractivity contribution in [3.8, 4) is 28.4 Å². The highest BCUT2D eigenvalue weighted by molar-refractivity contribution is 7.92. The number of ether oxygens (including phenoxy) is 3. The van der Waals surface area contributed by atoms with Crippen molar-refractivity contribution in [2.24, 2.45) is 0 Å². The third-order valence-corrected chi connectivity index (χ3v) is 8.84. The molecule has 0 amide bonds. The molecule has 1 aliphatic rings. The summed E-state index contributed by atoms with van der Waals surface area (Å²) in [5, 5.41) is 23.4. The van der Waals surface area contributed by atoms with Crippen LogP contribution in [0.25, 0.3) is 11.1 Å². The van der Waals surface area contributed by atoms with Crippen LogP contribution in [-0.4, -0.2) is 50.4 Å². The Morgan fingerprint density at radius 2 is 1.72 bits per heavy atom. The van der Waals surface area contributed by atoms with Gasteiger partial charge < -0.3 is 29.7 Å². The van der Waals surface area contributed by atoms with E-state index in [9.17, 15) is 18.3 Å². The molecule has 0 unspecified atom stereocenters. The van der Waals surface area contributed by atoms with Crippen molar-refractivity contribution >= 4 is 21.7 Å². The van der Waals surface area contributed by atoms with Crippen LogP contribution in [0.1, 0.15) is 42.7 Å². The summed E-state index contributed by atoms with van der Waals surface area (Å²) in [5.74, 6) is 0.682. The van der Waals surface area contributed by atoms with Crippen molar-refractivity contribution in [2.75, 3.05) is 24.5 Å². The number of rotatable bonds is 11. The van der Waals surface area contributed by atoms with Gasteiger partial charge in [-0.1, -0.05) is 37.8 Å². The number of aryl methyl sites for hydroxylation is 2. The van der Waals surface area contributed by atoms with Crippen LogP contribution < -0.4 is 24.2 Å². The van der Waals surface area contributed by atoms with Crippen LogP contribution in [0.4, 0.5) is 5.69 Å². The summed E-state index contributed by atoms with van der Waals surface area (Å²) in [6.07, 6.45) is -1.02. The van der Waals surface area contributed by atoms with Gasteiger partial charge in [0.25, 0.3) is 10.0 Å². The summed E-state index contributed by atoms with van der Waals surface area (Å²) in [4.78, 5) is 11.0. The summed E-state index contributed by atoms with van der Waals surface area (Å²) in [7, 11) is -3.87. The molecule has 4 aromatic rings. The van der Waals surface area contributed by atoms with E-state index in [1.165, 1.54) is 6.07 Å². The molecule has 0 saturated carbocycles. The van der Waals surface area contributed by atoms with E-state index in [0.717, 1.165) is 33.6 Å². The Morgan fingerprint density at radius 1 is 0.978 bits per heavy atom. The molecule has 0 spiro atoms. The number of carbonyl (C=O) groups is 1. The van der Waals surface area contributed by atoms with Crippen molar-refractivity contribution in [1.29, 1.82) is 0 Å². The smallest absolute Gasteiger partial charge is 0.341 e. The molecule has 244 valence electrons. The fourth-order valence-corrected chi connectivity index (χ4v) is 6.37. The molecule has 0 fully saturated rings. The predicted molar refractivity (Wildman–Crippen MR) is 177 cm³/mol.